The second kappa shape index (κ2) is 5.27. The zero-order valence-corrected chi connectivity index (χ0v) is 11.3. The second-order valence-corrected chi connectivity index (χ2v) is 6.43. The van der Waals surface area contributed by atoms with Crippen LogP contribution in [-0.4, -0.2) is 36.1 Å². The molecule has 0 amide bonds. The normalized spacial score (nSPS) is 42.9. The van der Waals surface area contributed by atoms with E-state index >= 15 is 0 Å². The van der Waals surface area contributed by atoms with E-state index in [0.717, 1.165) is 24.0 Å². The molecule has 2 aliphatic heterocycles. The highest BCUT2D eigenvalue weighted by Crippen LogP contribution is 2.31. The van der Waals surface area contributed by atoms with E-state index in [4.69, 9.17) is 0 Å². The van der Waals surface area contributed by atoms with Crippen LogP contribution in [0.1, 0.15) is 58.3 Å². The van der Waals surface area contributed by atoms with Gasteiger partial charge in [0.05, 0.1) is 0 Å². The van der Waals surface area contributed by atoms with Gasteiger partial charge in [0.25, 0.3) is 0 Å². The standard InChI is InChI=1S/C15H28N2/c1-2-12-5-7-13(8-6-12)16-14-9-11-17-10-3-4-15(14)17/h12-16H,2-11H2,1H3. The minimum atomic E-state index is 0.820. The van der Waals surface area contributed by atoms with Gasteiger partial charge in [0, 0.05) is 24.7 Å². The topological polar surface area (TPSA) is 15.3 Å². The van der Waals surface area contributed by atoms with Crippen molar-refractivity contribution in [1.29, 1.82) is 0 Å². The molecule has 98 valence electrons. The molecule has 0 radical (unpaired) electrons. The van der Waals surface area contributed by atoms with Crippen molar-refractivity contribution in [2.75, 3.05) is 13.1 Å². The van der Waals surface area contributed by atoms with Gasteiger partial charge in [0.15, 0.2) is 0 Å². The fourth-order valence-electron chi connectivity index (χ4n) is 4.32. The first-order chi connectivity index (χ1) is 8.36. The van der Waals surface area contributed by atoms with E-state index in [2.05, 4.69) is 17.1 Å². The maximum atomic E-state index is 3.99. The smallest absolute Gasteiger partial charge is 0.0250 e. The molecule has 2 unspecified atom stereocenters. The largest absolute Gasteiger partial charge is 0.310 e. The van der Waals surface area contributed by atoms with E-state index < -0.39 is 0 Å². The van der Waals surface area contributed by atoms with Gasteiger partial charge in [-0.3, -0.25) is 4.90 Å². The van der Waals surface area contributed by atoms with Crippen molar-refractivity contribution in [3.63, 3.8) is 0 Å². The van der Waals surface area contributed by atoms with Crippen LogP contribution >= 0.6 is 0 Å². The van der Waals surface area contributed by atoms with Gasteiger partial charge < -0.3 is 5.32 Å². The lowest BCUT2D eigenvalue weighted by atomic mass is 9.84. The Hall–Kier alpha value is -0.0800. The van der Waals surface area contributed by atoms with Crippen LogP contribution < -0.4 is 5.32 Å². The Morgan fingerprint density at radius 2 is 1.82 bits per heavy atom. The Morgan fingerprint density at radius 1 is 1.00 bits per heavy atom. The minimum Gasteiger partial charge on any atom is -0.310 e. The lowest BCUT2D eigenvalue weighted by Crippen LogP contribution is -2.45. The SMILES string of the molecule is CCC1CCC(NC2CCN3CCCC23)CC1. The quantitative estimate of drug-likeness (QED) is 0.810. The molecule has 0 aromatic rings. The first-order valence-electron chi connectivity index (χ1n) is 7.87. The summed E-state index contributed by atoms with van der Waals surface area (Å²) < 4.78 is 0. The van der Waals surface area contributed by atoms with Crippen LogP contribution in [0.3, 0.4) is 0 Å². The molecular formula is C15H28N2. The minimum absolute atomic E-state index is 0.820. The molecule has 2 saturated heterocycles. The van der Waals surface area contributed by atoms with Crippen LogP contribution in [0.4, 0.5) is 0 Å². The summed E-state index contributed by atoms with van der Waals surface area (Å²) in [5.41, 5.74) is 0. The average Bonchev–Trinajstić information content (AvgIpc) is 2.95. The lowest BCUT2D eigenvalue weighted by Gasteiger charge is -2.32. The van der Waals surface area contributed by atoms with Gasteiger partial charge in [-0.25, -0.2) is 0 Å². The van der Waals surface area contributed by atoms with E-state index in [1.54, 1.807) is 0 Å². The maximum Gasteiger partial charge on any atom is 0.0250 e. The molecule has 2 nitrogen and oxygen atoms in total. The molecule has 0 aromatic carbocycles. The van der Waals surface area contributed by atoms with Crippen molar-refractivity contribution in [3.8, 4) is 0 Å². The highest BCUT2D eigenvalue weighted by atomic mass is 15.2. The molecule has 3 aliphatic rings. The van der Waals surface area contributed by atoms with Crippen molar-refractivity contribution in [1.82, 2.24) is 10.2 Å². The zero-order valence-electron chi connectivity index (χ0n) is 11.3. The predicted molar refractivity (Wildman–Crippen MR) is 72.2 cm³/mol. The molecule has 17 heavy (non-hydrogen) atoms. The lowest BCUT2D eigenvalue weighted by molar-refractivity contribution is 0.243. The van der Waals surface area contributed by atoms with Crippen LogP contribution in [0.25, 0.3) is 0 Å². The molecule has 1 aliphatic carbocycles. The summed E-state index contributed by atoms with van der Waals surface area (Å²) in [6.07, 6.45) is 11.5. The first kappa shape index (κ1) is 12.0. The van der Waals surface area contributed by atoms with Crippen LogP contribution in [0.2, 0.25) is 0 Å². The fraction of sp³-hybridized carbons (Fsp3) is 1.00. The monoisotopic (exact) mass is 236 g/mol. The second-order valence-electron chi connectivity index (χ2n) is 6.43. The molecule has 2 atom stereocenters. The molecule has 2 heterocycles. The van der Waals surface area contributed by atoms with E-state index in [-0.39, 0.29) is 0 Å². The average molecular weight is 236 g/mol. The van der Waals surface area contributed by atoms with Gasteiger partial charge in [-0.1, -0.05) is 13.3 Å². The first-order valence-corrected chi connectivity index (χ1v) is 7.87. The zero-order chi connectivity index (χ0) is 11.7. The molecular weight excluding hydrogens is 208 g/mol. The molecule has 0 bridgehead atoms. The van der Waals surface area contributed by atoms with Gasteiger partial charge in [-0.15, -0.1) is 0 Å². The van der Waals surface area contributed by atoms with Gasteiger partial charge in [0.1, 0.15) is 0 Å². The number of rotatable bonds is 3. The number of hydrogen-bond donors (Lipinski definition) is 1. The van der Waals surface area contributed by atoms with E-state index in [1.807, 2.05) is 0 Å². The summed E-state index contributed by atoms with van der Waals surface area (Å²) in [6, 6.07) is 2.54. The van der Waals surface area contributed by atoms with E-state index in [1.165, 1.54) is 64.5 Å². The van der Waals surface area contributed by atoms with Gasteiger partial charge >= 0.3 is 0 Å². The Bertz CT molecular complexity index is 245. The molecule has 3 fully saturated rings. The molecule has 3 rings (SSSR count). The van der Waals surface area contributed by atoms with Crippen molar-refractivity contribution < 1.29 is 0 Å². The molecule has 1 N–H and O–H groups in total. The Morgan fingerprint density at radius 3 is 2.59 bits per heavy atom. The maximum absolute atomic E-state index is 3.99. The number of fused-ring (bicyclic) bond motifs is 1. The van der Waals surface area contributed by atoms with Gasteiger partial charge in [-0.2, -0.15) is 0 Å². The van der Waals surface area contributed by atoms with Crippen LogP contribution in [0.5, 0.6) is 0 Å². The number of hydrogen-bond acceptors (Lipinski definition) is 2. The summed E-state index contributed by atoms with van der Waals surface area (Å²) in [5, 5.41) is 3.99. The van der Waals surface area contributed by atoms with Gasteiger partial charge in [0.2, 0.25) is 0 Å². The van der Waals surface area contributed by atoms with Crippen molar-refractivity contribution in [2.45, 2.75) is 76.4 Å². The Labute approximate surface area is 106 Å². The van der Waals surface area contributed by atoms with Crippen LogP contribution in [-0.2, 0) is 0 Å². The highest BCUT2D eigenvalue weighted by molar-refractivity contribution is 4.97. The predicted octanol–water partition coefficient (Wildman–Crippen LogP) is 2.78. The van der Waals surface area contributed by atoms with E-state index in [0.29, 0.717) is 0 Å². The number of nitrogens with one attached hydrogen (secondary N) is 1. The highest BCUT2D eigenvalue weighted by Gasteiger charge is 2.38. The molecule has 2 heteroatoms. The Balaban J connectivity index is 1.48. The third-order valence-electron chi connectivity index (χ3n) is 5.48. The summed E-state index contributed by atoms with van der Waals surface area (Å²) in [7, 11) is 0. The number of nitrogens with zero attached hydrogens (tertiary/aromatic N) is 1. The van der Waals surface area contributed by atoms with Crippen molar-refractivity contribution >= 4 is 0 Å². The molecule has 0 aromatic heterocycles. The van der Waals surface area contributed by atoms with Crippen LogP contribution in [0.15, 0.2) is 0 Å². The third-order valence-corrected chi connectivity index (χ3v) is 5.48. The molecule has 0 spiro atoms. The molecule has 1 saturated carbocycles. The van der Waals surface area contributed by atoms with Gasteiger partial charge in [-0.05, 0) is 57.4 Å². The third kappa shape index (κ3) is 2.53. The summed E-state index contributed by atoms with van der Waals surface area (Å²) >= 11 is 0. The van der Waals surface area contributed by atoms with Crippen molar-refractivity contribution in [3.05, 3.63) is 0 Å². The van der Waals surface area contributed by atoms with E-state index in [9.17, 15) is 0 Å². The summed E-state index contributed by atoms with van der Waals surface area (Å²) in [4.78, 5) is 2.72. The Kier molecular flexibility index (Phi) is 3.72. The fourth-order valence-corrected chi connectivity index (χ4v) is 4.32. The van der Waals surface area contributed by atoms with Crippen molar-refractivity contribution in [2.24, 2.45) is 5.92 Å². The summed E-state index contributed by atoms with van der Waals surface area (Å²) in [5.74, 6) is 1.03. The van der Waals surface area contributed by atoms with Crippen LogP contribution in [0, 0.1) is 5.92 Å². The summed E-state index contributed by atoms with van der Waals surface area (Å²) in [6.45, 7) is 5.07.